The fourth-order valence-electron chi connectivity index (χ4n) is 3.48. The number of allylic oxidation sites excluding steroid dienone is 2. The lowest BCUT2D eigenvalue weighted by atomic mass is 9.59. The van der Waals surface area contributed by atoms with Gasteiger partial charge in [-0.05, 0) is 17.3 Å². The van der Waals surface area contributed by atoms with Gasteiger partial charge in [-0.2, -0.15) is 15.8 Å². The van der Waals surface area contributed by atoms with Crippen molar-refractivity contribution in [3.05, 3.63) is 47.2 Å². The highest BCUT2D eigenvalue weighted by Gasteiger charge is 2.65. The van der Waals surface area contributed by atoms with Crippen LogP contribution in [0.4, 0.5) is 4.79 Å². The molecule has 0 radical (unpaired) electrons. The van der Waals surface area contributed by atoms with Gasteiger partial charge in [-0.1, -0.05) is 30.3 Å². The number of hydrogen-bond donors (Lipinski definition) is 2. The second kappa shape index (κ2) is 5.66. The van der Waals surface area contributed by atoms with E-state index in [4.69, 9.17) is 5.73 Å². The molecule has 2 aliphatic rings. The lowest BCUT2D eigenvalue weighted by Gasteiger charge is -2.44. The first-order valence-corrected chi connectivity index (χ1v) is 8.08. The largest absolute Gasteiger partial charge is 0.399 e. The quantitative estimate of drug-likeness (QED) is 0.784. The summed E-state index contributed by atoms with van der Waals surface area (Å²) in [5.41, 5.74) is 4.45. The Hall–Kier alpha value is -3.28. The van der Waals surface area contributed by atoms with E-state index in [2.05, 4.69) is 5.32 Å². The van der Waals surface area contributed by atoms with Crippen LogP contribution in [-0.2, 0) is 4.79 Å². The van der Waals surface area contributed by atoms with Gasteiger partial charge in [0.15, 0.2) is 5.41 Å². The van der Waals surface area contributed by atoms with Crippen molar-refractivity contribution in [1.29, 1.82) is 15.8 Å². The van der Waals surface area contributed by atoms with Gasteiger partial charge in [-0.3, -0.25) is 14.9 Å². The summed E-state index contributed by atoms with van der Waals surface area (Å²) in [4.78, 5) is 24.6. The summed E-state index contributed by atoms with van der Waals surface area (Å²) in [6.07, 6.45) is -0.123. The zero-order chi connectivity index (χ0) is 18.2. The van der Waals surface area contributed by atoms with E-state index in [1.807, 2.05) is 18.2 Å². The maximum Gasteiger partial charge on any atom is 0.286 e. The van der Waals surface area contributed by atoms with E-state index in [9.17, 15) is 25.4 Å². The second-order valence-corrected chi connectivity index (χ2v) is 7.09. The van der Waals surface area contributed by atoms with Crippen molar-refractivity contribution in [2.75, 3.05) is 0 Å². The van der Waals surface area contributed by atoms with Crippen LogP contribution in [0.15, 0.2) is 41.6 Å². The summed E-state index contributed by atoms with van der Waals surface area (Å²) >= 11 is 0.711. The number of benzene rings is 1. The molecule has 0 bridgehead atoms. The molecule has 1 aromatic carbocycles. The Bertz CT molecular complexity index is 921. The average molecular weight is 349 g/mol. The van der Waals surface area contributed by atoms with Crippen molar-refractivity contribution in [2.24, 2.45) is 11.1 Å². The molecule has 1 fully saturated rings. The molecule has 8 heteroatoms. The molecule has 2 unspecified atom stereocenters. The van der Waals surface area contributed by atoms with Gasteiger partial charge in [0, 0.05) is 12.3 Å². The van der Waals surface area contributed by atoms with Crippen LogP contribution in [0.3, 0.4) is 0 Å². The Balaban J connectivity index is 2.39. The minimum absolute atomic E-state index is 0.0207. The van der Waals surface area contributed by atoms with E-state index in [0.29, 0.717) is 17.3 Å². The molecule has 1 heterocycles. The van der Waals surface area contributed by atoms with Crippen LogP contribution < -0.4 is 11.1 Å². The third-order valence-corrected chi connectivity index (χ3v) is 5.80. The van der Waals surface area contributed by atoms with Crippen molar-refractivity contribution >= 4 is 22.9 Å². The summed E-state index contributed by atoms with van der Waals surface area (Å²) in [5.74, 6) is -1.61. The minimum atomic E-state index is -1.93. The monoisotopic (exact) mass is 349 g/mol. The Morgan fingerprint density at radius 3 is 2.28 bits per heavy atom. The lowest BCUT2D eigenvalue weighted by molar-refractivity contribution is -0.122. The van der Waals surface area contributed by atoms with Gasteiger partial charge in [0.05, 0.1) is 29.5 Å². The molecule has 1 saturated heterocycles. The van der Waals surface area contributed by atoms with Crippen molar-refractivity contribution in [3.8, 4) is 18.2 Å². The number of nitrogens with one attached hydrogen (secondary N) is 1. The van der Waals surface area contributed by atoms with Crippen molar-refractivity contribution in [1.82, 2.24) is 5.32 Å². The Morgan fingerprint density at radius 1 is 1.16 bits per heavy atom. The summed E-state index contributed by atoms with van der Waals surface area (Å²) in [6, 6.07) is 14.2. The molecular formula is C17H11N5O2S. The minimum Gasteiger partial charge on any atom is -0.399 e. The molecule has 3 rings (SSSR count). The van der Waals surface area contributed by atoms with Gasteiger partial charge < -0.3 is 5.73 Å². The van der Waals surface area contributed by atoms with Gasteiger partial charge in [-0.25, -0.2) is 0 Å². The summed E-state index contributed by atoms with van der Waals surface area (Å²) in [5, 5.41) is 30.7. The van der Waals surface area contributed by atoms with E-state index in [0.717, 1.165) is 0 Å². The molecule has 7 nitrogen and oxygen atoms in total. The number of carbonyl (C=O) groups is 2. The number of amides is 2. The molecule has 2 atom stereocenters. The number of rotatable bonds is 1. The molecule has 2 amide bonds. The zero-order valence-electron chi connectivity index (χ0n) is 12.8. The second-order valence-electron chi connectivity index (χ2n) is 5.79. The fraction of sp³-hybridized carbons (Fsp3) is 0.235. The smallest absolute Gasteiger partial charge is 0.286 e. The molecule has 0 aromatic heterocycles. The van der Waals surface area contributed by atoms with E-state index in [1.165, 1.54) is 0 Å². The molecule has 3 N–H and O–H groups in total. The highest BCUT2D eigenvalue weighted by atomic mass is 32.2. The third-order valence-electron chi connectivity index (χ3n) is 4.58. The molecule has 122 valence electrons. The van der Waals surface area contributed by atoms with Crippen LogP contribution in [0.25, 0.3) is 0 Å². The number of nitrogens with two attached hydrogens (primary N) is 1. The first kappa shape index (κ1) is 16.6. The lowest BCUT2D eigenvalue weighted by Crippen LogP contribution is -2.53. The van der Waals surface area contributed by atoms with Crippen LogP contribution in [0.2, 0.25) is 0 Å². The predicted octanol–water partition coefficient (Wildman–Crippen LogP) is 1.67. The van der Waals surface area contributed by atoms with Gasteiger partial charge >= 0.3 is 0 Å². The Morgan fingerprint density at radius 2 is 1.80 bits per heavy atom. The van der Waals surface area contributed by atoms with Crippen molar-refractivity contribution < 1.29 is 9.59 Å². The first-order valence-electron chi connectivity index (χ1n) is 7.26. The topological polar surface area (TPSA) is 144 Å². The number of hydrogen-bond acceptors (Lipinski definition) is 7. The average Bonchev–Trinajstić information content (AvgIpc) is 2.90. The summed E-state index contributed by atoms with van der Waals surface area (Å²) in [6.45, 7) is 0. The van der Waals surface area contributed by atoms with Crippen LogP contribution in [0, 0.1) is 39.4 Å². The van der Waals surface area contributed by atoms with E-state index in [-0.39, 0.29) is 17.7 Å². The van der Waals surface area contributed by atoms with Crippen LogP contribution >= 0.6 is 11.8 Å². The van der Waals surface area contributed by atoms with Crippen LogP contribution in [0.1, 0.15) is 17.9 Å². The molecule has 1 aromatic rings. The highest BCUT2D eigenvalue weighted by molar-refractivity contribution is 8.16. The zero-order valence-corrected chi connectivity index (χ0v) is 13.6. The Labute approximate surface area is 147 Å². The normalized spacial score (nSPS) is 27.3. The molecule has 1 spiro atoms. The van der Waals surface area contributed by atoms with Crippen LogP contribution in [-0.4, -0.2) is 15.9 Å². The van der Waals surface area contributed by atoms with Crippen LogP contribution in [0.5, 0.6) is 0 Å². The van der Waals surface area contributed by atoms with Gasteiger partial charge in [-0.15, -0.1) is 0 Å². The summed E-state index contributed by atoms with van der Waals surface area (Å²) < 4.78 is -1.47. The number of imide groups is 1. The maximum absolute atomic E-state index is 12.7. The van der Waals surface area contributed by atoms with E-state index < -0.39 is 27.2 Å². The number of carbonyl (C=O) groups excluding carboxylic acids is 2. The molecule has 0 saturated carbocycles. The first-order chi connectivity index (χ1) is 11.9. The maximum atomic E-state index is 12.7. The number of nitriles is 3. The predicted molar refractivity (Wildman–Crippen MR) is 88.1 cm³/mol. The molecule has 1 aliphatic carbocycles. The fourth-order valence-corrected chi connectivity index (χ4v) is 4.75. The molecule has 1 aliphatic heterocycles. The van der Waals surface area contributed by atoms with E-state index in [1.54, 1.807) is 30.3 Å². The molecular weight excluding hydrogens is 338 g/mol. The van der Waals surface area contributed by atoms with Gasteiger partial charge in [0.1, 0.15) is 4.75 Å². The van der Waals surface area contributed by atoms with Gasteiger partial charge in [0.2, 0.25) is 5.91 Å². The highest BCUT2D eigenvalue weighted by Crippen LogP contribution is 2.59. The Kier molecular flexibility index (Phi) is 3.75. The number of nitrogens with zero attached hydrogens (tertiary/aromatic N) is 3. The molecule has 25 heavy (non-hydrogen) atoms. The number of thioether (sulfide) groups is 1. The SMILES string of the molecule is N#CC1=C(N)C(C#N)(C#N)C(c2ccccc2)C2(C1)SC(=O)NC2=O. The summed E-state index contributed by atoms with van der Waals surface area (Å²) in [7, 11) is 0. The van der Waals surface area contributed by atoms with Crippen molar-refractivity contribution in [2.45, 2.75) is 17.1 Å². The third kappa shape index (κ3) is 2.11. The standard InChI is InChI=1S/C17H11N5O2S/c18-7-11-6-17(14(23)22-15(24)25-17)12(10-4-2-1-3-5-10)16(8-19,9-20)13(11)21/h1-5,12H,6,21H2,(H,22,23,24). The van der Waals surface area contributed by atoms with Gasteiger partial charge in [0.25, 0.3) is 5.24 Å². The van der Waals surface area contributed by atoms with Crippen molar-refractivity contribution in [3.63, 3.8) is 0 Å². The van der Waals surface area contributed by atoms with E-state index >= 15 is 0 Å².